The van der Waals surface area contributed by atoms with Crippen molar-refractivity contribution in [3.8, 4) is 0 Å². The Kier molecular flexibility index (Phi) is 3.47. The van der Waals surface area contributed by atoms with Crippen molar-refractivity contribution in [1.29, 1.82) is 0 Å². The Balaban J connectivity index is 2.43. The molecule has 1 heterocycles. The van der Waals surface area contributed by atoms with E-state index in [0.717, 1.165) is 0 Å². The Bertz CT molecular complexity index is 285. The van der Waals surface area contributed by atoms with Gasteiger partial charge in [0.05, 0.1) is 17.4 Å². The zero-order valence-electron chi connectivity index (χ0n) is 8.87. The molecule has 14 heavy (non-hydrogen) atoms. The largest absolute Gasteiger partial charge is 0.472 e. The van der Waals surface area contributed by atoms with Gasteiger partial charge < -0.3 is 9.15 Å². The van der Waals surface area contributed by atoms with Gasteiger partial charge in [0.15, 0.2) is 5.78 Å². The number of ether oxygens (including phenoxy) is 1. The van der Waals surface area contributed by atoms with Gasteiger partial charge in [0.2, 0.25) is 0 Å². The van der Waals surface area contributed by atoms with E-state index in [1.54, 1.807) is 13.2 Å². The molecule has 0 aliphatic carbocycles. The Morgan fingerprint density at radius 2 is 2.29 bits per heavy atom. The molecule has 1 aromatic heterocycles. The molecule has 0 fully saturated rings. The van der Waals surface area contributed by atoms with E-state index in [1.165, 1.54) is 12.5 Å². The van der Waals surface area contributed by atoms with Crippen molar-refractivity contribution in [3.05, 3.63) is 24.2 Å². The molecule has 0 spiro atoms. The number of hydrogen-bond donors (Lipinski definition) is 0. The van der Waals surface area contributed by atoms with E-state index in [4.69, 9.17) is 9.15 Å². The lowest BCUT2D eigenvalue weighted by Gasteiger charge is -2.21. The Morgan fingerprint density at radius 1 is 1.57 bits per heavy atom. The smallest absolute Gasteiger partial charge is 0.166 e. The van der Waals surface area contributed by atoms with Gasteiger partial charge in [-0.05, 0) is 26.3 Å². The number of hydrogen-bond acceptors (Lipinski definition) is 3. The second kappa shape index (κ2) is 4.42. The maximum Gasteiger partial charge on any atom is 0.166 e. The first-order valence-electron chi connectivity index (χ1n) is 4.66. The Labute approximate surface area is 84.1 Å². The molecule has 0 atom stereocenters. The number of carbonyl (C=O) groups excluding carboxylic acids is 1. The molecule has 3 heteroatoms. The molecule has 3 nitrogen and oxygen atoms in total. The predicted molar refractivity (Wildman–Crippen MR) is 53.4 cm³/mol. The van der Waals surface area contributed by atoms with Gasteiger partial charge >= 0.3 is 0 Å². The highest BCUT2D eigenvalue weighted by Crippen LogP contribution is 2.17. The second-order valence-electron chi connectivity index (χ2n) is 3.90. The highest BCUT2D eigenvalue weighted by atomic mass is 16.5. The summed E-state index contributed by atoms with van der Waals surface area (Å²) in [5.74, 6) is 0.101. The average molecular weight is 196 g/mol. The van der Waals surface area contributed by atoms with Crippen LogP contribution in [0.25, 0.3) is 0 Å². The van der Waals surface area contributed by atoms with Crippen LogP contribution in [0.4, 0.5) is 0 Å². The van der Waals surface area contributed by atoms with Crippen molar-refractivity contribution < 1.29 is 13.9 Å². The zero-order valence-corrected chi connectivity index (χ0v) is 8.87. The topological polar surface area (TPSA) is 39.4 Å². The third kappa shape index (κ3) is 3.00. The van der Waals surface area contributed by atoms with Crippen LogP contribution in [0, 0.1) is 0 Å². The SMILES string of the molecule is COC(C)(C)CCC(=O)c1ccoc1. The highest BCUT2D eigenvalue weighted by Gasteiger charge is 2.18. The van der Waals surface area contributed by atoms with Crippen LogP contribution in [0.5, 0.6) is 0 Å². The van der Waals surface area contributed by atoms with E-state index in [0.29, 0.717) is 18.4 Å². The normalized spacial score (nSPS) is 11.6. The summed E-state index contributed by atoms with van der Waals surface area (Å²) in [7, 11) is 1.66. The van der Waals surface area contributed by atoms with Crippen LogP contribution in [-0.2, 0) is 4.74 Å². The Hall–Kier alpha value is -1.09. The summed E-state index contributed by atoms with van der Waals surface area (Å²) in [4.78, 5) is 11.6. The molecule has 0 bridgehead atoms. The maximum atomic E-state index is 11.6. The molecule has 0 amide bonds. The summed E-state index contributed by atoms with van der Waals surface area (Å²) in [6.07, 6.45) is 4.19. The molecular weight excluding hydrogens is 180 g/mol. The van der Waals surface area contributed by atoms with E-state index in [2.05, 4.69) is 0 Å². The van der Waals surface area contributed by atoms with Crippen LogP contribution in [-0.4, -0.2) is 18.5 Å². The fourth-order valence-electron chi connectivity index (χ4n) is 1.08. The van der Waals surface area contributed by atoms with Crippen LogP contribution in [0.15, 0.2) is 23.0 Å². The molecule has 0 radical (unpaired) electrons. The molecule has 78 valence electrons. The van der Waals surface area contributed by atoms with Crippen LogP contribution >= 0.6 is 0 Å². The fourth-order valence-corrected chi connectivity index (χ4v) is 1.08. The predicted octanol–water partition coefficient (Wildman–Crippen LogP) is 2.67. The first-order valence-corrected chi connectivity index (χ1v) is 4.66. The molecule has 0 unspecified atom stereocenters. The summed E-state index contributed by atoms with van der Waals surface area (Å²) in [5.41, 5.74) is 0.399. The van der Waals surface area contributed by atoms with Crippen molar-refractivity contribution in [1.82, 2.24) is 0 Å². The molecule has 1 rings (SSSR count). The van der Waals surface area contributed by atoms with Crippen LogP contribution < -0.4 is 0 Å². The van der Waals surface area contributed by atoms with E-state index in [1.807, 2.05) is 13.8 Å². The summed E-state index contributed by atoms with van der Waals surface area (Å²) in [5, 5.41) is 0. The lowest BCUT2D eigenvalue weighted by atomic mass is 9.99. The molecule has 0 aliphatic heterocycles. The second-order valence-corrected chi connectivity index (χ2v) is 3.90. The van der Waals surface area contributed by atoms with Gasteiger partial charge in [0.1, 0.15) is 6.26 Å². The van der Waals surface area contributed by atoms with Gasteiger partial charge in [-0.25, -0.2) is 0 Å². The molecule has 1 aromatic rings. The first kappa shape index (κ1) is 11.0. The number of methoxy groups -OCH3 is 1. The Morgan fingerprint density at radius 3 is 2.79 bits per heavy atom. The third-order valence-corrected chi connectivity index (χ3v) is 2.35. The minimum Gasteiger partial charge on any atom is -0.472 e. The quantitative estimate of drug-likeness (QED) is 0.679. The van der Waals surface area contributed by atoms with Gasteiger partial charge in [-0.1, -0.05) is 0 Å². The fraction of sp³-hybridized carbons (Fsp3) is 0.545. The van der Waals surface area contributed by atoms with Crippen LogP contribution in [0.2, 0.25) is 0 Å². The van der Waals surface area contributed by atoms with E-state index < -0.39 is 0 Å². The standard InChI is InChI=1S/C11H16O3/c1-11(2,13-3)6-4-10(12)9-5-7-14-8-9/h5,7-8H,4,6H2,1-3H3. The number of ketones is 1. The van der Waals surface area contributed by atoms with Gasteiger partial charge in [0, 0.05) is 13.5 Å². The summed E-state index contributed by atoms with van der Waals surface area (Å²) in [6.45, 7) is 3.94. The van der Waals surface area contributed by atoms with Crippen molar-refractivity contribution in [3.63, 3.8) is 0 Å². The van der Waals surface area contributed by atoms with Gasteiger partial charge in [-0.3, -0.25) is 4.79 Å². The van der Waals surface area contributed by atoms with Gasteiger partial charge in [-0.2, -0.15) is 0 Å². The van der Waals surface area contributed by atoms with Crippen molar-refractivity contribution >= 4 is 5.78 Å². The molecule has 0 saturated heterocycles. The monoisotopic (exact) mass is 196 g/mol. The minimum absolute atomic E-state index is 0.101. The lowest BCUT2D eigenvalue weighted by molar-refractivity contribution is 0.0141. The number of carbonyl (C=O) groups is 1. The molecule has 0 aromatic carbocycles. The van der Waals surface area contributed by atoms with E-state index >= 15 is 0 Å². The van der Waals surface area contributed by atoms with Crippen LogP contribution in [0.3, 0.4) is 0 Å². The summed E-state index contributed by atoms with van der Waals surface area (Å²) in [6, 6.07) is 1.68. The lowest BCUT2D eigenvalue weighted by Crippen LogP contribution is -2.23. The molecule has 0 aliphatic rings. The summed E-state index contributed by atoms with van der Waals surface area (Å²) < 4.78 is 10.1. The van der Waals surface area contributed by atoms with E-state index in [-0.39, 0.29) is 11.4 Å². The number of Topliss-reactive ketones (excluding diaryl/α,β-unsaturated/α-hetero) is 1. The van der Waals surface area contributed by atoms with Crippen molar-refractivity contribution in [2.24, 2.45) is 0 Å². The van der Waals surface area contributed by atoms with Gasteiger partial charge in [-0.15, -0.1) is 0 Å². The number of furan rings is 1. The molecule has 0 saturated carbocycles. The van der Waals surface area contributed by atoms with Crippen molar-refractivity contribution in [2.75, 3.05) is 7.11 Å². The maximum absolute atomic E-state index is 11.6. The van der Waals surface area contributed by atoms with Crippen molar-refractivity contribution in [2.45, 2.75) is 32.3 Å². The first-order chi connectivity index (χ1) is 6.55. The molecule has 0 N–H and O–H groups in total. The number of rotatable bonds is 5. The van der Waals surface area contributed by atoms with Crippen LogP contribution in [0.1, 0.15) is 37.0 Å². The van der Waals surface area contributed by atoms with Gasteiger partial charge in [0.25, 0.3) is 0 Å². The summed E-state index contributed by atoms with van der Waals surface area (Å²) >= 11 is 0. The third-order valence-electron chi connectivity index (χ3n) is 2.35. The zero-order chi connectivity index (χ0) is 10.6. The highest BCUT2D eigenvalue weighted by molar-refractivity contribution is 5.95. The average Bonchev–Trinajstić information content (AvgIpc) is 2.67. The van der Waals surface area contributed by atoms with E-state index in [9.17, 15) is 4.79 Å². The molecular formula is C11H16O3. The minimum atomic E-state index is -0.237.